The van der Waals surface area contributed by atoms with E-state index in [0.717, 1.165) is 11.1 Å². The molecule has 0 aliphatic rings. The number of nitrogens with one attached hydrogen (secondary N) is 1. The summed E-state index contributed by atoms with van der Waals surface area (Å²) in [5.74, 6) is 0.0917. The van der Waals surface area contributed by atoms with Gasteiger partial charge in [-0.2, -0.15) is 0 Å². The van der Waals surface area contributed by atoms with E-state index in [9.17, 15) is 9.59 Å². The molecule has 0 saturated heterocycles. The average Bonchev–Trinajstić information content (AvgIpc) is 2.61. The van der Waals surface area contributed by atoms with E-state index < -0.39 is 0 Å². The molecular formula is C19H21NO4. The molecule has 2 rings (SSSR count). The minimum Gasteiger partial charge on any atom is -0.484 e. The van der Waals surface area contributed by atoms with Crippen LogP contribution in [-0.4, -0.2) is 25.6 Å². The molecule has 1 N–H and O–H groups in total. The Balaban J connectivity index is 1.80. The first kappa shape index (κ1) is 17.5. The van der Waals surface area contributed by atoms with Crippen LogP contribution < -0.4 is 10.1 Å². The molecule has 126 valence electrons. The largest absolute Gasteiger partial charge is 0.484 e. The first-order valence-electron chi connectivity index (χ1n) is 7.71. The van der Waals surface area contributed by atoms with E-state index in [2.05, 4.69) is 10.1 Å². The van der Waals surface area contributed by atoms with Gasteiger partial charge in [0.05, 0.1) is 19.6 Å². The number of methoxy groups -OCH3 is 1. The van der Waals surface area contributed by atoms with E-state index in [0.29, 0.717) is 5.75 Å². The second-order valence-corrected chi connectivity index (χ2v) is 5.39. The Morgan fingerprint density at radius 3 is 2.33 bits per heavy atom. The van der Waals surface area contributed by atoms with Crippen molar-refractivity contribution in [3.05, 3.63) is 65.7 Å². The third kappa shape index (κ3) is 5.43. The van der Waals surface area contributed by atoms with Crippen LogP contribution in [0.4, 0.5) is 0 Å². The zero-order valence-electron chi connectivity index (χ0n) is 13.8. The molecule has 1 unspecified atom stereocenters. The van der Waals surface area contributed by atoms with Crippen molar-refractivity contribution in [3.8, 4) is 5.75 Å². The summed E-state index contributed by atoms with van der Waals surface area (Å²) in [6, 6.07) is 16.7. The number of hydrogen-bond acceptors (Lipinski definition) is 4. The molecule has 0 fully saturated rings. The zero-order chi connectivity index (χ0) is 17.4. The Hall–Kier alpha value is -2.82. The molecule has 0 heterocycles. The molecule has 24 heavy (non-hydrogen) atoms. The van der Waals surface area contributed by atoms with Crippen LogP contribution >= 0.6 is 0 Å². The lowest BCUT2D eigenvalue weighted by atomic mass is 10.1. The maximum atomic E-state index is 12.0. The van der Waals surface area contributed by atoms with Crippen molar-refractivity contribution >= 4 is 11.9 Å². The smallest absolute Gasteiger partial charge is 0.309 e. The van der Waals surface area contributed by atoms with Crippen molar-refractivity contribution in [2.75, 3.05) is 13.7 Å². The number of hydrogen-bond donors (Lipinski definition) is 1. The van der Waals surface area contributed by atoms with E-state index in [1.54, 1.807) is 24.3 Å². The molecule has 2 aromatic rings. The maximum absolute atomic E-state index is 12.0. The number of amides is 1. The number of ether oxygens (including phenoxy) is 2. The van der Waals surface area contributed by atoms with Crippen molar-refractivity contribution in [1.29, 1.82) is 0 Å². The summed E-state index contributed by atoms with van der Waals surface area (Å²) in [6.45, 7) is 1.86. The Morgan fingerprint density at radius 1 is 1.04 bits per heavy atom. The second-order valence-electron chi connectivity index (χ2n) is 5.39. The Bertz CT molecular complexity index is 668. The van der Waals surface area contributed by atoms with Crippen molar-refractivity contribution in [2.24, 2.45) is 0 Å². The van der Waals surface area contributed by atoms with Gasteiger partial charge in [0.15, 0.2) is 6.61 Å². The van der Waals surface area contributed by atoms with Gasteiger partial charge in [0.2, 0.25) is 0 Å². The molecule has 5 nitrogen and oxygen atoms in total. The fourth-order valence-electron chi connectivity index (χ4n) is 2.20. The number of carbonyl (C=O) groups is 2. The molecule has 0 aromatic heterocycles. The highest BCUT2D eigenvalue weighted by molar-refractivity contribution is 5.78. The third-order valence-electron chi connectivity index (χ3n) is 3.55. The zero-order valence-corrected chi connectivity index (χ0v) is 13.8. The van der Waals surface area contributed by atoms with E-state index in [1.807, 2.05) is 37.3 Å². The Kier molecular flexibility index (Phi) is 6.37. The van der Waals surface area contributed by atoms with Crippen molar-refractivity contribution in [3.63, 3.8) is 0 Å². The minimum absolute atomic E-state index is 0.0620. The normalized spacial score (nSPS) is 11.4. The van der Waals surface area contributed by atoms with E-state index in [1.165, 1.54) is 7.11 Å². The first-order valence-corrected chi connectivity index (χ1v) is 7.71. The van der Waals surface area contributed by atoms with Crippen LogP contribution in [0.25, 0.3) is 0 Å². The number of esters is 1. The molecule has 0 bridgehead atoms. The van der Waals surface area contributed by atoms with Crippen LogP contribution in [0.2, 0.25) is 0 Å². The Morgan fingerprint density at radius 2 is 1.71 bits per heavy atom. The molecule has 0 aliphatic heterocycles. The molecule has 2 aromatic carbocycles. The van der Waals surface area contributed by atoms with E-state index >= 15 is 0 Å². The summed E-state index contributed by atoms with van der Waals surface area (Å²) in [5.41, 5.74) is 1.87. The molecule has 5 heteroatoms. The molecule has 1 amide bonds. The van der Waals surface area contributed by atoms with Gasteiger partial charge in [-0.15, -0.1) is 0 Å². The number of benzene rings is 2. The van der Waals surface area contributed by atoms with Crippen LogP contribution in [0.15, 0.2) is 54.6 Å². The average molecular weight is 327 g/mol. The number of rotatable bonds is 7. The van der Waals surface area contributed by atoms with Gasteiger partial charge < -0.3 is 14.8 Å². The summed E-state index contributed by atoms with van der Waals surface area (Å²) < 4.78 is 10.1. The Labute approximate surface area is 141 Å². The minimum atomic E-state index is -0.294. The fourth-order valence-corrected chi connectivity index (χ4v) is 2.20. The van der Waals surface area contributed by atoms with Crippen LogP contribution in [-0.2, 0) is 20.7 Å². The molecule has 0 radical (unpaired) electrons. The monoisotopic (exact) mass is 327 g/mol. The molecule has 0 spiro atoms. The second kappa shape index (κ2) is 8.72. The molecular weight excluding hydrogens is 306 g/mol. The van der Waals surface area contributed by atoms with E-state index in [4.69, 9.17) is 4.74 Å². The first-order chi connectivity index (χ1) is 11.6. The highest BCUT2D eigenvalue weighted by Crippen LogP contribution is 2.14. The van der Waals surface area contributed by atoms with Crippen molar-refractivity contribution in [1.82, 2.24) is 5.32 Å². The summed E-state index contributed by atoms with van der Waals surface area (Å²) in [5, 5.41) is 2.89. The van der Waals surface area contributed by atoms with Gasteiger partial charge in [-0.05, 0) is 30.2 Å². The predicted molar refractivity (Wildman–Crippen MR) is 90.7 cm³/mol. The molecule has 0 saturated carbocycles. The van der Waals surface area contributed by atoms with Crippen molar-refractivity contribution < 1.29 is 19.1 Å². The quantitative estimate of drug-likeness (QED) is 0.794. The van der Waals surface area contributed by atoms with E-state index in [-0.39, 0.29) is 30.9 Å². The molecule has 0 aliphatic carbocycles. The molecule has 1 atom stereocenters. The summed E-state index contributed by atoms with van der Waals surface area (Å²) in [4.78, 5) is 23.1. The highest BCUT2D eigenvalue weighted by Gasteiger charge is 2.10. The predicted octanol–water partition coefficient (Wildman–Crippen LogP) is 2.66. The van der Waals surface area contributed by atoms with Gasteiger partial charge in [-0.3, -0.25) is 9.59 Å². The number of carbonyl (C=O) groups excluding carboxylic acids is 2. The SMILES string of the molecule is COC(=O)Cc1ccc(OCC(=O)NC(C)c2ccccc2)cc1. The fraction of sp³-hybridized carbons (Fsp3) is 0.263. The highest BCUT2D eigenvalue weighted by atomic mass is 16.5. The topological polar surface area (TPSA) is 64.6 Å². The lowest BCUT2D eigenvalue weighted by Gasteiger charge is -2.14. The van der Waals surface area contributed by atoms with Gasteiger partial charge in [-0.25, -0.2) is 0 Å². The van der Waals surface area contributed by atoms with Crippen LogP contribution in [0.3, 0.4) is 0 Å². The van der Waals surface area contributed by atoms with Crippen molar-refractivity contribution in [2.45, 2.75) is 19.4 Å². The summed E-state index contributed by atoms with van der Waals surface area (Å²) >= 11 is 0. The third-order valence-corrected chi connectivity index (χ3v) is 3.55. The van der Waals surface area contributed by atoms with Gasteiger partial charge in [-0.1, -0.05) is 42.5 Å². The van der Waals surface area contributed by atoms with Crippen LogP contribution in [0.5, 0.6) is 5.75 Å². The van der Waals surface area contributed by atoms with Crippen LogP contribution in [0.1, 0.15) is 24.1 Å². The summed E-state index contributed by atoms with van der Waals surface area (Å²) in [6.07, 6.45) is 0.214. The maximum Gasteiger partial charge on any atom is 0.309 e. The lowest BCUT2D eigenvalue weighted by molar-refractivity contribution is -0.139. The lowest BCUT2D eigenvalue weighted by Crippen LogP contribution is -2.31. The van der Waals surface area contributed by atoms with Crippen LogP contribution in [0, 0.1) is 0 Å². The van der Waals surface area contributed by atoms with Gasteiger partial charge in [0.25, 0.3) is 5.91 Å². The summed E-state index contributed by atoms with van der Waals surface area (Å²) in [7, 11) is 1.36. The van der Waals surface area contributed by atoms with Gasteiger partial charge in [0.1, 0.15) is 5.75 Å². The van der Waals surface area contributed by atoms with Gasteiger partial charge >= 0.3 is 5.97 Å². The van der Waals surface area contributed by atoms with Gasteiger partial charge in [0, 0.05) is 0 Å². The standard InChI is InChI=1S/C19H21NO4/c1-14(16-6-4-3-5-7-16)20-18(21)13-24-17-10-8-15(9-11-17)12-19(22)23-2/h3-11,14H,12-13H2,1-2H3,(H,20,21).